The molecule has 0 atom stereocenters. The number of carbonyl (C=O) groups is 2. The fourth-order valence-corrected chi connectivity index (χ4v) is 2.30. The molecule has 1 aromatic heterocycles. The van der Waals surface area contributed by atoms with Crippen molar-refractivity contribution in [2.75, 3.05) is 10.6 Å². The van der Waals surface area contributed by atoms with Gasteiger partial charge in [-0.25, -0.2) is 0 Å². The van der Waals surface area contributed by atoms with Gasteiger partial charge >= 0.3 is 0 Å². The zero-order valence-electron chi connectivity index (χ0n) is 12.4. The predicted octanol–water partition coefficient (Wildman–Crippen LogP) is 3.44. The minimum atomic E-state index is -0.456. The van der Waals surface area contributed by atoms with E-state index in [1.165, 1.54) is 13.0 Å². The van der Waals surface area contributed by atoms with Crippen LogP contribution in [0.1, 0.15) is 23.0 Å². The Kier molecular flexibility index (Phi) is 5.51. The van der Waals surface area contributed by atoms with Gasteiger partial charge in [-0.05, 0) is 64.9 Å². The molecule has 2 rings (SSSR count). The van der Waals surface area contributed by atoms with E-state index in [2.05, 4.69) is 31.9 Å². The smallest absolute Gasteiger partial charge is 0.293 e. The van der Waals surface area contributed by atoms with Crippen LogP contribution in [0.25, 0.3) is 0 Å². The number of hydrogen-bond donors (Lipinski definition) is 3. The fraction of sp³-hybridized carbons (Fsp3) is 0.133. The van der Waals surface area contributed by atoms with Crippen molar-refractivity contribution in [1.82, 2.24) is 5.32 Å². The van der Waals surface area contributed by atoms with Crippen molar-refractivity contribution >= 4 is 56.4 Å². The largest absolute Gasteiger partial charge is 0.444 e. The number of halogens is 1. The Labute approximate surface area is 146 Å². The topological polar surface area (TPSA) is 83.4 Å². The van der Waals surface area contributed by atoms with E-state index in [4.69, 9.17) is 16.6 Å². The number of nitrogens with one attached hydrogen (secondary N) is 3. The van der Waals surface area contributed by atoms with Crippen molar-refractivity contribution in [3.05, 3.63) is 46.3 Å². The van der Waals surface area contributed by atoms with Crippen molar-refractivity contribution in [1.29, 1.82) is 0 Å². The summed E-state index contributed by atoms with van der Waals surface area (Å²) >= 11 is 8.22. The van der Waals surface area contributed by atoms with Crippen LogP contribution >= 0.6 is 28.1 Å². The highest BCUT2D eigenvalue weighted by molar-refractivity contribution is 9.10. The molecule has 0 unspecified atom stereocenters. The number of amides is 2. The van der Waals surface area contributed by atoms with Crippen LogP contribution in [-0.4, -0.2) is 16.9 Å². The summed E-state index contributed by atoms with van der Waals surface area (Å²) in [7, 11) is 0. The van der Waals surface area contributed by atoms with Crippen molar-refractivity contribution in [2.45, 2.75) is 13.8 Å². The van der Waals surface area contributed by atoms with E-state index in [1.54, 1.807) is 18.2 Å². The lowest BCUT2D eigenvalue weighted by Crippen LogP contribution is -2.33. The third-order valence-electron chi connectivity index (χ3n) is 2.83. The monoisotopic (exact) mass is 395 g/mol. The van der Waals surface area contributed by atoms with Crippen molar-refractivity contribution in [3.63, 3.8) is 0 Å². The van der Waals surface area contributed by atoms with Crippen LogP contribution in [0, 0.1) is 6.92 Å². The van der Waals surface area contributed by atoms with Gasteiger partial charge in [-0.15, -0.1) is 0 Å². The third kappa shape index (κ3) is 4.90. The Bertz CT molecular complexity index is 773. The summed E-state index contributed by atoms with van der Waals surface area (Å²) in [6.45, 7) is 3.32. The zero-order chi connectivity index (χ0) is 17.0. The van der Waals surface area contributed by atoms with E-state index in [-0.39, 0.29) is 16.8 Å². The van der Waals surface area contributed by atoms with Crippen molar-refractivity contribution < 1.29 is 14.0 Å². The molecule has 3 N–H and O–H groups in total. The molecule has 0 aliphatic rings. The van der Waals surface area contributed by atoms with Crippen LogP contribution in [0.3, 0.4) is 0 Å². The van der Waals surface area contributed by atoms with Gasteiger partial charge in [-0.3, -0.25) is 14.9 Å². The predicted molar refractivity (Wildman–Crippen MR) is 95.6 cm³/mol. The summed E-state index contributed by atoms with van der Waals surface area (Å²) in [6.07, 6.45) is 0. The minimum absolute atomic E-state index is 0.125. The summed E-state index contributed by atoms with van der Waals surface area (Å²) in [5.41, 5.74) is 2.23. The SMILES string of the molecule is CC(=O)Nc1cc(NC(=S)NC(=O)c2ccc(Br)o2)ccc1C. The first-order valence-electron chi connectivity index (χ1n) is 6.61. The van der Waals surface area contributed by atoms with Crippen molar-refractivity contribution in [3.8, 4) is 0 Å². The molecule has 0 bridgehead atoms. The Hall–Kier alpha value is -2.19. The Morgan fingerprint density at radius 1 is 1.17 bits per heavy atom. The number of thiocarbonyl (C=S) groups is 1. The molecule has 2 aromatic rings. The highest BCUT2D eigenvalue weighted by atomic mass is 79.9. The van der Waals surface area contributed by atoms with E-state index in [1.807, 2.05) is 13.0 Å². The number of hydrogen-bond acceptors (Lipinski definition) is 4. The maximum absolute atomic E-state index is 11.9. The lowest BCUT2D eigenvalue weighted by Gasteiger charge is -2.12. The highest BCUT2D eigenvalue weighted by Crippen LogP contribution is 2.20. The molecule has 8 heteroatoms. The first-order valence-corrected chi connectivity index (χ1v) is 7.81. The Balaban J connectivity index is 2.02. The van der Waals surface area contributed by atoms with Gasteiger partial charge in [0.2, 0.25) is 5.91 Å². The Morgan fingerprint density at radius 2 is 1.91 bits per heavy atom. The number of benzene rings is 1. The van der Waals surface area contributed by atoms with E-state index in [0.717, 1.165) is 5.56 Å². The number of carbonyl (C=O) groups excluding carboxylic acids is 2. The van der Waals surface area contributed by atoms with Crippen LogP contribution in [0.15, 0.2) is 39.4 Å². The first kappa shape index (κ1) is 17.2. The average molecular weight is 396 g/mol. The normalized spacial score (nSPS) is 10.0. The number of furan rings is 1. The lowest BCUT2D eigenvalue weighted by molar-refractivity contribution is -0.114. The van der Waals surface area contributed by atoms with Crippen LogP contribution in [0.4, 0.5) is 11.4 Å². The molecule has 120 valence electrons. The van der Waals surface area contributed by atoms with Gasteiger partial charge in [0.05, 0.1) is 0 Å². The summed E-state index contributed by atoms with van der Waals surface area (Å²) < 4.78 is 5.60. The molecule has 0 aliphatic heterocycles. The van der Waals surface area contributed by atoms with Gasteiger partial charge < -0.3 is 15.1 Å². The van der Waals surface area contributed by atoms with Crippen LogP contribution in [-0.2, 0) is 4.79 Å². The summed E-state index contributed by atoms with van der Waals surface area (Å²) in [5.74, 6) is -0.476. The summed E-state index contributed by atoms with van der Waals surface area (Å²) in [5, 5.41) is 8.25. The van der Waals surface area contributed by atoms with Gasteiger partial charge in [0.1, 0.15) is 0 Å². The first-order chi connectivity index (χ1) is 10.8. The van der Waals surface area contributed by atoms with Gasteiger partial charge in [0, 0.05) is 18.3 Å². The molecule has 0 radical (unpaired) electrons. The molecule has 23 heavy (non-hydrogen) atoms. The maximum Gasteiger partial charge on any atom is 0.293 e. The zero-order valence-corrected chi connectivity index (χ0v) is 14.8. The van der Waals surface area contributed by atoms with E-state index in [0.29, 0.717) is 16.0 Å². The third-order valence-corrected chi connectivity index (χ3v) is 3.46. The molecule has 0 aliphatic carbocycles. The number of rotatable bonds is 3. The Morgan fingerprint density at radius 3 is 2.52 bits per heavy atom. The van der Waals surface area contributed by atoms with Gasteiger partial charge in [-0.2, -0.15) is 0 Å². The van der Waals surface area contributed by atoms with Crippen LogP contribution in [0.2, 0.25) is 0 Å². The molecule has 0 spiro atoms. The summed E-state index contributed by atoms with van der Waals surface area (Å²) in [4.78, 5) is 23.1. The summed E-state index contributed by atoms with van der Waals surface area (Å²) in [6, 6.07) is 8.51. The molecule has 0 saturated heterocycles. The molecule has 2 amide bonds. The van der Waals surface area contributed by atoms with Crippen LogP contribution in [0.5, 0.6) is 0 Å². The van der Waals surface area contributed by atoms with E-state index >= 15 is 0 Å². The lowest BCUT2D eigenvalue weighted by atomic mass is 10.2. The molecular formula is C15H14BrN3O3S. The van der Waals surface area contributed by atoms with Crippen molar-refractivity contribution in [2.24, 2.45) is 0 Å². The fourth-order valence-electron chi connectivity index (χ4n) is 1.79. The average Bonchev–Trinajstić information content (AvgIpc) is 2.88. The van der Waals surface area contributed by atoms with Gasteiger partial charge in [0.25, 0.3) is 5.91 Å². The highest BCUT2D eigenvalue weighted by Gasteiger charge is 2.12. The van der Waals surface area contributed by atoms with Gasteiger partial charge in [-0.1, -0.05) is 6.07 Å². The van der Waals surface area contributed by atoms with Crippen LogP contribution < -0.4 is 16.0 Å². The maximum atomic E-state index is 11.9. The quantitative estimate of drug-likeness (QED) is 0.693. The number of aryl methyl sites for hydroxylation is 1. The second-order valence-corrected chi connectivity index (χ2v) is 5.91. The van der Waals surface area contributed by atoms with E-state index in [9.17, 15) is 9.59 Å². The molecule has 6 nitrogen and oxygen atoms in total. The second-order valence-electron chi connectivity index (χ2n) is 4.72. The molecule has 0 fully saturated rings. The molecule has 0 saturated carbocycles. The molecule has 1 aromatic carbocycles. The van der Waals surface area contributed by atoms with E-state index < -0.39 is 5.91 Å². The molecular weight excluding hydrogens is 382 g/mol. The standard InChI is InChI=1S/C15H14BrN3O3S/c1-8-3-4-10(7-11(8)17-9(2)20)18-15(23)19-14(21)12-5-6-13(16)22-12/h3-7H,1-2H3,(H,17,20)(H2,18,19,21,23). The van der Waals surface area contributed by atoms with Gasteiger partial charge in [0.15, 0.2) is 15.5 Å². The molecule has 1 heterocycles. The minimum Gasteiger partial charge on any atom is -0.444 e. The number of anilines is 2. The second kappa shape index (κ2) is 7.38.